The summed E-state index contributed by atoms with van der Waals surface area (Å²) in [7, 11) is 1.17. The Morgan fingerprint density at radius 1 is 0.907 bits per heavy atom. The summed E-state index contributed by atoms with van der Waals surface area (Å²) >= 11 is 0. The lowest BCUT2D eigenvalue weighted by Crippen LogP contribution is -2.29. The number of nitrogens with zero attached hydrogens (tertiary/aromatic N) is 1. The molecule has 2 heterocycles. The second-order valence-electron chi connectivity index (χ2n) is 10.6. The van der Waals surface area contributed by atoms with E-state index in [9.17, 15) is 39.9 Å². The van der Waals surface area contributed by atoms with Crippen LogP contribution in [0.4, 0.5) is 0 Å². The highest BCUT2D eigenvalue weighted by Crippen LogP contribution is 2.44. The Hall–Kier alpha value is -5.45. The van der Waals surface area contributed by atoms with Crippen molar-refractivity contribution in [1.29, 1.82) is 0 Å². The van der Waals surface area contributed by atoms with Crippen molar-refractivity contribution in [1.82, 2.24) is 4.57 Å². The number of fused-ring (bicyclic) bond motifs is 2. The fourth-order valence-corrected chi connectivity index (χ4v) is 5.30. The minimum atomic E-state index is -1.24. The van der Waals surface area contributed by atoms with Gasteiger partial charge in [-0.05, 0) is 41.6 Å². The van der Waals surface area contributed by atoms with Crippen LogP contribution in [0.5, 0.6) is 28.7 Å². The second-order valence-corrected chi connectivity index (χ2v) is 10.6. The first kappa shape index (κ1) is 29.1. The van der Waals surface area contributed by atoms with Crippen LogP contribution in [0.1, 0.15) is 37.3 Å². The Morgan fingerprint density at radius 3 is 2.30 bits per heavy atom. The predicted octanol–water partition coefficient (Wildman–Crippen LogP) is 4.65. The number of carbonyl (C=O) groups excluding carboxylic acids is 1. The van der Waals surface area contributed by atoms with E-state index in [2.05, 4.69) is 0 Å². The number of hydrogen-bond donors (Lipinski definition) is 5. The molecule has 0 radical (unpaired) electrons. The molecule has 0 fully saturated rings. The molecule has 0 saturated carbocycles. The second kappa shape index (κ2) is 11.1. The molecule has 5 N–H and O–H groups in total. The first-order chi connectivity index (χ1) is 20.4. The van der Waals surface area contributed by atoms with Gasteiger partial charge in [0.15, 0.2) is 17.3 Å². The van der Waals surface area contributed by atoms with Gasteiger partial charge < -0.3 is 39.3 Å². The molecule has 0 bridgehead atoms. The zero-order chi connectivity index (χ0) is 31.2. The van der Waals surface area contributed by atoms with Crippen molar-refractivity contribution >= 4 is 27.8 Å². The average Bonchev–Trinajstić information content (AvgIpc) is 2.96. The summed E-state index contributed by atoms with van der Waals surface area (Å²) in [5.74, 6) is -5.60. The molecule has 43 heavy (non-hydrogen) atoms. The molecule has 11 nitrogen and oxygen atoms in total. The number of aromatic nitrogens is 1. The zero-order valence-corrected chi connectivity index (χ0v) is 23.5. The number of ether oxygens (including phenoxy) is 1. The summed E-state index contributed by atoms with van der Waals surface area (Å²) in [6, 6.07) is 13.1. The highest BCUT2D eigenvalue weighted by Gasteiger charge is 2.32. The molecule has 1 unspecified atom stereocenters. The zero-order valence-electron chi connectivity index (χ0n) is 23.5. The van der Waals surface area contributed by atoms with Crippen LogP contribution < -0.4 is 11.0 Å². The molecule has 0 saturated heterocycles. The number of pyridine rings is 1. The van der Waals surface area contributed by atoms with Crippen molar-refractivity contribution in [2.24, 2.45) is 5.92 Å². The molecule has 3 aromatic carbocycles. The monoisotopic (exact) mass is 587 g/mol. The van der Waals surface area contributed by atoms with Crippen LogP contribution >= 0.6 is 0 Å². The van der Waals surface area contributed by atoms with Crippen LogP contribution in [-0.4, -0.2) is 43.2 Å². The Kier molecular flexibility index (Phi) is 7.49. The van der Waals surface area contributed by atoms with E-state index in [-0.39, 0.29) is 22.6 Å². The number of rotatable bonds is 7. The van der Waals surface area contributed by atoms with Gasteiger partial charge in [0.1, 0.15) is 22.5 Å². The quantitative estimate of drug-likeness (QED) is 0.133. The van der Waals surface area contributed by atoms with E-state index < -0.39 is 74.8 Å². The van der Waals surface area contributed by atoms with E-state index in [0.29, 0.717) is 17.4 Å². The SMILES string of the molecule is COC(=O)CC(c1cc2ccccc2n(CC(C)C)c1=O)c1c(O)cc(O)c2c(=O)c(O)c(-c3ccc(O)c(O)c3)oc12. The number of phenolic OH excluding ortho intramolecular Hbond substituents is 4. The van der Waals surface area contributed by atoms with Crippen molar-refractivity contribution in [3.63, 3.8) is 0 Å². The number of carbonyl (C=O) groups is 1. The maximum atomic E-state index is 14.1. The molecule has 0 amide bonds. The fourth-order valence-electron chi connectivity index (χ4n) is 5.30. The van der Waals surface area contributed by atoms with Crippen molar-refractivity contribution in [3.05, 3.63) is 86.3 Å². The summed E-state index contributed by atoms with van der Waals surface area (Å²) in [6.45, 7) is 4.24. The highest BCUT2D eigenvalue weighted by molar-refractivity contribution is 5.92. The Balaban J connectivity index is 1.90. The smallest absolute Gasteiger partial charge is 0.306 e. The predicted molar refractivity (Wildman–Crippen MR) is 158 cm³/mol. The molecular weight excluding hydrogens is 558 g/mol. The van der Waals surface area contributed by atoms with Gasteiger partial charge in [-0.15, -0.1) is 0 Å². The minimum absolute atomic E-state index is 0.0184. The number of aromatic hydroxyl groups is 5. The van der Waals surface area contributed by atoms with Gasteiger partial charge in [-0.3, -0.25) is 14.4 Å². The first-order valence-corrected chi connectivity index (χ1v) is 13.4. The average molecular weight is 588 g/mol. The van der Waals surface area contributed by atoms with E-state index in [0.717, 1.165) is 18.2 Å². The number of para-hydroxylation sites is 1. The molecule has 0 spiro atoms. The summed E-state index contributed by atoms with van der Waals surface area (Å²) < 4.78 is 12.5. The molecule has 5 rings (SSSR count). The van der Waals surface area contributed by atoms with Gasteiger partial charge >= 0.3 is 5.97 Å². The van der Waals surface area contributed by atoms with Crippen LogP contribution in [0, 0.1) is 5.92 Å². The summed E-state index contributed by atoms with van der Waals surface area (Å²) in [5.41, 5.74) is -1.38. The van der Waals surface area contributed by atoms with Crippen LogP contribution in [0.2, 0.25) is 0 Å². The highest BCUT2D eigenvalue weighted by atomic mass is 16.5. The van der Waals surface area contributed by atoms with Crippen LogP contribution in [0.25, 0.3) is 33.2 Å². The maximum Gasteiger partial charge on any atom is 0.306 e. The molecule has 5 aromatic rings. The van der Waals surface area contributed by atoms with Gasteiger partial charge in [-0.2, -0.15) is 0 Å². The van der Waals surface area contributed by atoms with Gasteiger partial charge in [-0.1, -0.05) is 32.0 Å². The maximum absolute atomic E-state index is 14.1. The van der Waals surface area contributed by atoms with Crippen LogP contribution in [0.15, 0.2) is 68.6 Å². The summed E-state index contributed by atoms with van der Waals surface area (Å²) in [5, 5.41) is 52.6. The third kappa shape index (κ3) is 5.09. The molecule has 11 heteroatoms. The van der Waals surface area contributed by atoms with E-state index in [1.165, 1.54) is 13.2 Å². The Labute approximate surface area is 244 Å². The third-order valence-electron chi connectivity index (χ3n) is 7.28. The van der Waals surface area contributed by atoms with Crippen molar-refractivity contribution < 1.29 is 39.5 Å². The van der Waals surface area contributed by atoms with Crippen LogP contribution in [-0.2, 0) is 16.1 Å². The Bertz CT molecular complexity index is 2020. The van der Waals surface area contributed by atoms with Crippen molar-refractivity contribution in [3.8, 4) is 40.1 Å². The molecular formula is C32H29NO10. The summed E-state index contributed by atoms with van der Waals surface area (Å²) in [6.07, 6.45) is -0.459. The van der Waals surface area contributed by atoms with Crippen LogP contribution in [0.3, 0.4) is 0 Å². The van der Waals surface area contributed by atoms with Crippen molar-refractivity contribution in [2.45, 2.75) is 32.7 Å². The molecule has 1 atom stereocenters. The van der Waals surface area contributed by atoms with Gasteiger partial charge in [-0.25, -0.2) is 0 Å². The van der Waals surface area contributed by atoms with E-state index in [1.807, 2.05) is 13.8 Å². The minimum Gasteiger partial charge on any atom is -0.507 e. The fraction of sp³-hybridized carbons (Fsp3) is 0.219. The normalized spacial score (nSPS) is 12.2. The number of esters is 1. The lowest BCUT2D eigenvalue weighted by molar-refractivity contribution is -0.140. The Morgan fingerprint density at radius 2 is 1.63 bits per heavy atom. The molecule has 222 valence electrons. The third-order valence-corrected chi connectivity index (χ3v) is 7.28. The van der Waals surface area contributed by atoms with Gasteiger partial charge in [0.25, 0.3) is 5.56 Å². The largest absolute Gasteiger partial charge is 0.507 e. The van der Waals surface area contributed by atoms with Crippen molar-refractivity contribution in [2.75, 3.05) is 7.11 Å². The molecule has 2 aromatic heterocycles. The first-order valence-electron chi connectivity index (χ1n) is 13.4. The topological polar surface area (TPSA) is 180 Å². The number of benzene rings is 3. The molecule has 0 aliphatic carbocycles. The summed E-state index contributed by atoms with van der Waals surface area (Å²) in [4.78, 5) is 40.2. The van der Waals surface area contributed by atoms with Gasteiger partial charge in [0.2, 0.25) is 11.2 Å². The lowest BCUT2D eigenvalue weighted by Gasteiger charge is -2.22. The molecule has 0 aliphatic rings. The van der Waals surface area contributed by atoms with Gasteiger partial charge in [0, 0.05) is 35.2 Å². The number of methoxy groups -OCH3 is 1. The van der Waals surface area contributed by atoms with E-state index in [1.54, 1.807) is 34.9 Å². The van der Waals surface area contributed by atoms with E-state index >= 15 is 0 Å². The molecule has 0 aliphatic heterocycles. The number of phenols is 4. The lowest BCUT2D eigenvalue weighted by atomic mass is 9.86. The number of hydrogen-bond acceptors (Lipinski definition) is 10. The standard InChI is InChI=1S/C32H29NO10/c1-15(2)14-33-20-7-5-4-6-16(20)10-19(32(33)41)18(12-25(38)42-3)26-23(36)13-24(37)27-28(39)29(40)30(43-31(26)27)17-8-9-21(34)22(35)11-17/h4-11,13,15,18,34-37,40H,12,14H2,1-3H3. The van der Waals surface area contributed by atoms with E-state index in [4.69, 9.17) is 9.15 Å². The van der Waals surface area contributed by atoms with Gasteiger partial charge in [0.05, 0.1) is 19.0 Å².